The molecule has 0 bridgehead atoms. The van der Waals surface area contributed by atoms with E-state index in [9.17, 15) is 4.79 Å². The van der Waals surface area contributed by atoms with Crippen LogP contribution in [0.2, 0.25) is 0 Å². The van der Waals surface area contributed by atoms with Crippen molar-refractivity contribution in [2.45, 2.75) is 0 Å². The minimum absolute atomic E-state index is 0.541. The molecule has 0 atom stereocenters. The van der Waals surface area contributed by atoms with Gasteiger partial charge >= 0.3 is 6.09 Å². The lowest BCUT2D eigenvalue weighted by Crippen LogP contribution is -2.06. The summed E-state index contributed by atoms with van der Waals surface area (Å²) in [6.45, 7) is 0. The zero-order valence-corrected chi connectivity index (χ0v) is 12.0. The zero-order valence-electron chi connectivity index (χ0n) is 12.0. The van der Waals surface area contributed by atoms with Crippen LogP contribution in [0.5, 0.6) is 0 Å². The van der Waals surface area contributed by atoms with Crippen molar-refractivity contribution in [1.82, 2.24) is 4.98 Å². The number of oxazole rings is 1. The minimum atomic E-state index is -1.08. The van der Waals surface area contributed by atoms with Crippen LogP contribution in [0.1, 0.15) is 0 Å². The second kappa shape index (κ2) is 5.14. The molecule has 1 heterocycles. The first kappa shape index (κ1) is 13.3. The summed E-state index contributed by atoms with van der Waals surface area (Å²) in [5, 5.41) is 13.0. The first-order valence-electron chi connectivity index (χ1n) is 7.09. The summed E-state index contributed by atoms with van der Waals surface area (Å²) in [7, 11) is 0. The van der Waals surface area contributed by atoms with Crippen LogP contribution < -0.4 is 5.32 Å². The Morgan fingerprint density at radius 2 is 1.78 bits per heavy atom. The van der Waals surface area contributed by atoms with Crippen LogP contribution in [0.15, 0.2) is 65.1 Å². The predicted molar refractivity (Wildman–Crippen MR) is 88.6 cm³/mol. The van der Waals surface area contributed by atoms with E-state index in [1.807, 2.05) is 48.5 Å². The van der Waals surface area contributed by atoms with Gasteiger partial charge < -0.3 is 9.52 Å². The fourth-order valence-electron chi connectivity index (χ4n) is 2.58. The molecule has 0 spiro atoms. The molecule has 23 heavy (non-hydrogen) atoms. The van der Waals surface area contributed by atoms with Crippen molar-refractivity contribution in [1.29, 1.82) is 0 Å². The molecule has 0 saturated heterocycles. The SMILES string of the molecule is O=C(O)Nc1ccc2cc(-c3nc4ccccc4o3)ccc2c1. The van der Waals surface area contributed by atoms with E-state index < -0.39 is 6.09 Å². The summed E-state index contributed by atoms with van der Waals surface area (Å²) in [4.78, 5) is 15.2. The van der Waals surface area contributed by atoms with Gasteiger partial charge in [-0.2, -0.15) is 0 Å². The highest BCUT2D eigenvalue weighted by molar-refractivity contribution is 5.92. The number of para-hydroxylation sites is 2. The Balaban J connectivity index is 1.77. The van der Waals surface area contributed by atoms with Gasteiger partial charge in [0.25, 0.3) is 0 Å². The highest BCUT2D eigenvalue weighted by Crippen LogP contribution is 2.28. The number of aromatic nitrogens is 1. The van der Waals surface area contributed by atoms with Crippen molar-refractivity contribution in [3.05, 3.63) is 60.7 Å². The number of benzene rings is 3. The van der Waals surface area contributed by atoms with Gasteiger partial charge in [-0.05, 0) is 47.2 Å². The molecule has 4 rings (SSSR count). The number of carbonyl (C=O) groups is 1. The maximum absolute atomic E-state index is 10.7. The summed E-state index contributed by atoms with van der Waals surface area (Å²) in [5.74, 6) is 0.570. The van der Waals surface area contributed by atoms with Crippen molar-refractivity contribution in [2.75, 3.05) is 5.32 Å². The first-order chi connectivity index (χ1) is 11.2. The van der Waals surface area contributed by atoms with E-state index in [-0.39, 0.29) is 0 Å². The van der Waals surface area contributed by atoms with Crippen LogP contribution in [0.4, 0.5) is 10.5 Å². The van der Waals surface area contributed by atoms with Gasteiger partial charge in [-0.15, -0.1) is 0 Å². The largest absolute Gasteiger partial charge is 0.465 e. The van der Waals surface area contributed by atoms with Gasteiger partial charge in [0.05, 0.1) is 0 Å². The lowest BCUT2D eigenvalue weighted by Gasteiger charge is -2.04. The molecule has 0 radical (unpaired) electrons. The zero-order chi connectivity index (χ0) is 15.8. The second-order valence-electron chi connectivity index (χ2n) is 5.19. The van der Waals surface area contributed by atoms with Gasteiger partial charge in [0, 0.05) is 11.3 Å². The average Bonchev–Trinajstić information content (AvgIpc) is 2.98. The number of rotatable bonds is 2. The topological polar surface area (TPSA) is 75.4 Å². The fourth-order valence-corrected chi connectivity index (χ4v) is 2.58. The third-order valence-corrected chi connectivity index (χ3v) is 3.63. The highest BCUT2D eigenvalue weighted by Gasteiger charge is 2.08. The molecule has 5 nitrogen and oxygen atoms in total. The van der Waals surface area contributed by atoms with Crippen molar-refractivity contribution in [2.24, 2.45) is 0 Å². The standard InChI is InChI=1S/C18H12N2O3/c21-18(22)19-14-8-7-11-9-13(6-5-12(11)10-14)17-20-15-3-1-2-4-16(15)23-17/h1-10,19H,(H,21,22). The van der Waals surface area contributed by atoms with Crippen molar-refractivity contribution >= 4 is 33.7 Å². The normalized spacial score (nSPS) is 11.0. The fraction of sp³-hybridized carbons (Fsp3) is 0. The maximum Gasteiger partial charge on any atom is 0.409 e. The molecule has 112 valence electrons. The van der Waals surface area contributed by atoms with Crippen molar-refractivity contribution in [3.8, 4) is 11.5 Å². The Labute approximate surface area is 131 Å². The maximum atomic E-state index is 10.7. The van der Waals surface area contributed by atoms with Crippen LogP contribution in [-0.2, 0) is 0 Å². The van der Waals surface area contributed by atoms with E-state index in [1.165, 1.54) is 0 Å². The third-order valence-electron chi connectivity index (χ3n) is 3.63. The molecule has 1 amide bonds. The van der Waals surface area contributed by atoms with E-state index in [0.717, 1.165) is 27.4 Å². The lowest BCUT2D eigenvalue weighted by molar-refractivity contribution is 0.210. The van der Waals surface area contributed by atoms with Gasteiger partial charge in [0.1, 0.15) is 5.52 Å². The van der Waals surface area contributed by atoms with Crippen LogP contribution in [0, 0.1) is 0 Å². The van der Waals surface area contributed by atoms with Crippen molar-refractivity contribution in [3.63, 3.8) is 0 Å². The van der Waals surface area contributed by atoms with E-state index in [4.69, 9.17) is 9.52 Å². The van der Waals surface area contributed by atoms with E-state index in [0.29, 0.717) is 11.6 Å². The van der Waals surface area contributed by atoms with Crippen LogP contribution in [-0.4, -0.2) is 16.2 Å². The number of carboxylic acid groups (broad SMARTS) is 1. The Kier molecular flexibility index (Phi) is 2.98. The molecular weight excluding hydrogens is 292 g/mol. The number of fused-ring (bicyclic) bond motifs is 2. The Bertz CT molecular complexity index is 1000. The lowest BCUT2D eigenvalue weighted by atomic mass is 10.1. The van der Waals surface area contributed by atoms with Gasteiger partial charge in [0.15, 0.2) is 5.58 Å². The molecule has 2 N–H and O–H groups in total. The molecule has 0 aliphatic rings. The number of hydrogen-bond donors (Lipinski definition) is 2. The Morgan fingerprint density at radius 3 is 2.61 bits per heavy atom. The molecule has 0 aliphatic carbocycles. The molecule has 0 saturated carbocycles. The quantitative estimate of drug-likeness (QED) is 0.561. The van der Waals surface area contributed by atoms with Gasteiger partial charge in [-0.1, -0.05) is 24.3 Å². The van der Waals surface area contributed by atoms with E-state index >= 15 is 0 Å². The number of nitrogens with one attached hydrogen (secondary N) is 1. The Hall–Kier alpha value is -3.34. The first-order valence-corrected chi connectivity index (χ1v) is 7.09. The molecular formula is C18H12N2O3. The molecule has 4 aromatic rings. The molecule has 3 aromatic carbocycles. The minimum Gasteiger partial charge on any atom is -0.465 e. The van der Waals surface area contributed by atoms with E-state index in [1.54, 1.807) is 12.1 Å². The van der Waals surface area contributed by atoms with E-state index in [2.05, 4.69) is 10.3 Å². The number of amides is 1. The van der Waals surface area contributed by atoms with Crippen LogP contribution in [0.25, 0.3) is 33.3 Å². The predicted octanol–water partition coefficient (Wildman–Crippen LogP) is 4.74. The molecule has 0 unspecified atom stereocenters. The van der Waals surface area contributed by atoms with Crippen molar-refractivity contribution < 1.29 is 14.3 Å². The van der Waals surface area contributed by atoms with Crippen LogP contribution in [0.3, 0.4) is 0 Å². The summed E-state index contributed by atoms with van der Waals surface area (Å²) in [6.07, 6.45) is -1.08. The number of hydrogen-bond acceptors (Lipinski definition) is 3. The Morgan fingerprint density at radius 1 is 1.00 bits per heavy atom. The highest BCUT2D eigenvalue weighted by atomic mass is 16.4. The number of nitrogens with zero attached hydrogens (tertiary/aromatic N) is 1. The van der Waals surface area contributed by atoms with Gasteiger partial charge in [-0.3, -0.25) is 5.32 Å². The molecule has 5 heteroatoms. The second-order valence-corrected chi connectivity index (χ2v) is 5.19. The number of anilines is 1. The summed E-state index contributed by atoms with van der Waals surface area (Å²) < 4.78 is 5.78. The summed E-state index contributed by atoms with van der Waals surface area (Å²) >= 11 is 0. The summed E-state index contributed by atoms with van der Waals surface area (Å²) in [6, 6.07) is 18.8. The average molecular weight is 304 g/mol. The molecule has 1 aromatic heterocycles. The molecule has 0 aliphatic heterocycles. The monoisotopic (exact) mass is 304 g/mol. The van der Waals surface area contributed by atoms with Crippen LogP contribution >= 0.6 is 0 Å². The van der Waals surface area contributed by atoms with Gasteiger partial charge in [0.2, 0.25) is 5.89 Å². The smallest absolute Gasteiger partial charge is 0.409 e. The summed E-state index contributed by atoms with van der Waals surface area (Å²) in [5.41, 5.74) is 3.00. The van der Waals surface area contributed by atoms with Gasteiger partial charge in [-0.25, -0.2) is 9.78 Å². The molecule has 0 fully saturated rings. The third kappa shape index (κ3) is 2.48.